The fourth-order valence-electron chi connectivity index (χ4n) is 3.95. The van der Waals surface area contributed by atoms with Gasteiger partial charge in [-0.1, -0.05) is 38.1 Å². The second kappa shape index (κ2) is 7.37. The predicted octanol–water partition coefficient (Wildman–Crippen LogP) is 3.07. The van der Waals surface area contributed by atoms with Gasteiger partial charge in [0.25, 0.3) is 0 Å². The number of benzene rings is 1. The molecule has 4 heteroatoms. The van der Waals surface area contributed by atoms with Gasteiger partial charge >= 0.3 is 0 Å². The quantitative estimate of drug-likeness (QED) is 0.927. The number of carbonyl (C=O) groups excluding carboxylic acids is 2. The van der Waals surface area contributed by atoms with Crippen LogP contribution in [0, 0.1) is 11.8 Å². The van der Waals surface area contributed by atoms with Crippen molar-refractivity contribution >= 4 is 11.8 Å². The number of piperidine rings is 1. The van der Waals surface area contributed by atoms with E-state index in [1.807, 2.05) is 24.8 Å². The summed E-state index contributed by atoms with van der Waals surface area (Å²) in [7, 11) is 0. The molecule has 1 saturated heterocycles. The van der Waals surface area contributed by atoms with Crippen molar-refractivity contribution in [1.82, 2.24) is 10.2 Å². The lowest BCUT2D eigenvalue weighted by molar-refractivity contribution is -0.138. The molecular formula is C20H28N2O2. The molecule has 1 aliphatic carbocycles. The van der Waals surface area contributed by atoms with Gasteiger partial charge in [-0.05, 0) is 43.2 Å². The first-order valence-electron chi connectivity index (χ1n) is 9.23. The molecule has 24 heavy (non-hydrogen) atoms. The maximum atomic E-state index is 12.8. The van der Waals surface area contributed by atoms with Crippen molar-refractivity contribution in [2.45, 2.75) is 52.0 Å². The van der Waals surface area contributed by atoms with E-state index in [1.54, 1.807) is 0 Å². The molecule has 1 fully saturated rings. The van der Waals surface area contributed by atoms with Crippen molar-refractivity contribution in [2.75, 3.05) is 13.1 Å². The van der Waals surface area contributed by atoms with E-state index in [0.29, 0.717) is 6.54 Å². The van der Waals surface area contributed by atoms with E-state index in [4.69, 9.17) is 0 Å². The SMILES string of the molecule is CC(C)C(=O)N1CCC[C@@H](C(=O)N[C@@H]2CCCc3ccccc32)C1. The number of rotatable bonds is 3. The molecule has 4 nitrogen and oxygen atoms in total. The summed E-state index contributed by atoms with van der Waals surface area (Å²) in [4.78, 5) is 26.8. The largest absolute Gasteiger partial charge is 0.349 e. The van der Waals surface area contributed by atoms with E-state index in [1.165, 1.54) is 11.1 Å². The molecule has 0 unspecified atom stereocenters. The number of nitrogens with zero attached hydrogens (tertiary/aromatic N) is 1. The van der Waals surface area contributed by atoms with Gasteiger partial charge in [-0.3, -0.25) is 9.59 Å². The Hall–Kier alpha value is -1.84. The van der Waals surface area contributed by atoms with Crippen molar-refractivity contribution in [3.63, 3.8) is 0 Å². The van der Waals surface area contributed by atoms with Crippen LogP contribution in [0.5, 0.6) is 0 Å². The number of hydrogen-bond donors (Lipinski definition) is 1. The van der Waals surface area contributed by atoms with Crippen LogP contribution in [0.3, 0.4) is 0 Å². The molecule has 1 heterocycles. The predicted molar refractivity (Wildman–Crippen MR) is 94.4 cm³/mol. The van der Waals surface area contributed by atoms with Crippen LogP contribution in [0.25, 0.3) is 0 Å². The Morgan fingerprint density at radius 3 is 2.75 bits per heavy atom. The zero-order valence-corrected chi connectivity index (χ0v) is 14.8. The van der Waals surface area contributed by atoms with E-state index in [9.17, 15) is 9.59 Å². The molecule has 2 aliphatic rings. The minimum Gasteiger partial charge on any atom is -0.349 e. The Labute approximate surface area is 144 Å². The van der Waals surface area contributed by atoms with Crippen molar-refractivity contribution in [2.24, 2.45) is 11.8 Å². The molecule has 1 N–H and O–H groups in total. The number of hydrogen-bond acceptors (Lipinski definition) is 2. The molecule has 3 rings (SSSR count). The van der Waals surface area contributed by atoms with E-state index < -0.39 is 0 Å². The Kier molecular flexibility index (Phi) is 5.22. The fraction of sp³-hybridized carbons (Fsp3) is 0.600. The summed E-state index contributed by atoms with van der Waals surface area (Å²) in [5.41, 5.74) is 2.62. The highest BCUT2D eigenvalue weighted by Crippen LogP contribution is 2.30. The lowest BCUT2D eigenvalue weighted by atomic mass is 9.87. The third kappa shape index (κ3) is 3.63. The first-order chi connectivity index (χ1) is 11.6. The normalized spacial score (nSPS) is 23.7. The molecule has 0 bridgehead atoms. The van der Waals surface area contributed by atoms with Crippen LogP contribution < -0.4 is 5.32 Å². The summed E-state index contributed by atoms with van der Waals surface area (Å²) in [6.45, 7) is 5.19. The molecule has 1 aromatic rings. The van der Waals surface area contributed by atoms with Crippen LogP contribution in [0.4, 0.5) is 0 Å². The summed E-state index contributed by atoms with van der Waals surface area (Å²) in [6.07, 6.45) is 5.01. The minimum atomic E-state index is -0.0736. The van der Waals surface area contributed by atoms with E-state index in [2.05, 4.69) is 23.5 Å². The zero-order chi connectivity index (χ0) is 17.1. The van der Waals surface area contributed by atoms with E-state index >= 15 is 0 Å². The van der Waals surface area contributed by atoms with Crippen molar-refractivity contribution < 1.29 is 9.59 Å². The summed E-state index contributed by atoms with van der Waals surface area (Å²) in [5, 5.41) is 3.26. The van der Waals surface area contributed by atoms with Crippen LogP contribution in [-0.4, -0.2) is 29.8 Å². The molecule has 2 amide bonds. The lowest BCUT2D eigenvalue weighted by Crippen LogP contribution is -2.47. The monoisotopic (exact) mass is 328 g/mol. The van der Waals surface area contributed by atoms with Gasteiger partial charge in [0.05, 0.1) is 12.0 Å². The van der Waals surface area contributed by atoms with Crippen molar-refractivity contribution in [1.29, 1.82) is 0 Å². The Balaban J connectivity index is 1.64. The molecule has 2 atom stereocenters. The average molecular weight is 328 g/mol. The summed E-state index contributed by atoms with van der Waals surface area (Å²) >= 11 is 0. The maximum absolute atomic E-state index is 12.8. The average Bonchev–Trinajstić information content (AvgIpc) is 2.61. The van der Waals surface area contributed by atoms with Crippen LogP contribution in [-0.2, 0) is 16.0 Å². The van der Waals surface area contributed by atoms with E-state index in [-0.39, 0.29) is 29.7 Å². The van der Waals surface area contributed by atoms with Crippen LogP contribution in [0.2, 0.25) is 0 Å². The van der Waals surface area contributed by atoms with Gasteiger partial charge in [0.2, 0.25) is 11.8 Å². The molecule has 1 aromatic carbocycles. The summed E-state index contributed by atoms with van der Waals surface area (Å²) < 4.78 is 0. The highest BCUT2D eigenvalue weighted by molar-refractivity contribution is 5.82. The maximum Gasteiger partial charge on any atom is 0.225 e. The van der Waals surface area contributed by atoms with Crippen LogP contribution in [0.15, 0.2) is 24.3 Å². The van der Waals surface area contributed by atoms with Gasteiger partial charge in [-0.2, -0.15) is 0 Å². The van der Waals surface area contributed by atoms with Crippen LogP contribution >= 0.6 is 0 Å². The number of carbonyl (C=O) groups is 2. The first-order valence-corrected chi connectivity index (χ1v) is 9.23. The Morgan fingerprint density at radius 2 is 1.96 bits per heavy atom. The van der Waals surface area contributed by atoms with Gasteiger partial charge in [0, 0.05) is 19.0 Å². The minimum absolute atomic E-state index is 0.00275. The number of amides is 2. The molecule has 0 radical (unpaired) electrons. The molecule has 0 saturated carbocycles. The number of aryl methyl sites for hydroxylation is 1. The Morgan fingerprint density at radius 1 is 1.17 bits per heavy atom. The standard InChI is InChI=1S/C20H28N2O2/c1-14(2)20(24)22-12-6-9-16(13-22)19(23)21-18-11-5-8-15-7-3-4-10-17(15)18/h3-4,7,10,14,16,18H,5-6,8-9,11-13H2,1-2H3,(H,21,23)/t16-,18-/m1/s1. The van der Waals surface area contributed by atoms with Crippen molar-refractivity contribution in [3.8, 4) is 0 Å². The summed E-state index contributed by atoms with van der Waals surface area (Å²) in [6, 6.07) is 8.54. The second-order valence-electron chi connectivity index (χ2n) is 7.43. The van der Waals surface area contributed by atoms with E-state index in [0.717, 1.165) is 38.6 Å². The molecule has 130 valence electrons. The Bertz CT molecular complexity index is 611. The molecule has 1 aliphatic heterocycles. The van der Waals surface area contributed by atoms with Gasteiger partial charge in [0.1, 0.15) is 0 Å². The lowest BCUT2D eigenvalue weighted by Gasteiger charge is -2.34. The van der Waals surface area contributed by atoms with Gasteiger partial charge in [-0.25, -0.2) is 0 Å². The molecule has 0 aromatic heterocycles. The van der Waals surface area contributed by atoms with Crippen molar-refractivity contribution in [3.05, 3.63) is 35.4 Å². The molecular weight excluding hydrogens is 300 g/mol. The smallest absolute Gasteiger partial charge is 0.225 e. The van der Waals surface area contributed by atoms with Gasteiger partial charge < -0.3 is 10.2 Å². The third-order valence-electron chi connectivity index (χ3n) is 5.28. The fourth-order valence-corrected chi connectivity index (χ4v) is 3.95. The highest BCUT2D eigenvalue weighted by atomic mass is 16.2. The summed E-state index contributed by atoms with van der Waals surface area (Å²) in [5.74, 6) is 0.195. The van der Waals surface area contributed by atoms with Crippen LogP contribution in [0.1, 0.15) is 56.7 Å². The number of fused-ring (bicyclic) bond motifs is 1. The molecule has 0 spiro atoms. The first kappa shape index (κ1) is 17.0. The number of nitrogens with one attached hydrogen (secondary N) is 1. The zero-order valence-electron chi connectivity index (χ0n) is 14.8. The third-order valence-corrected chi connectivity index (χ3v) is 5.28. The second-order valence-corrected chi connectivity index (χ2v) is 7.43. The van der Waals surface area contributed by atoms with Gasteiger partial charge in [0.15, 0.2) is 0 Å². The number of likely N-dealkylation sites (tertiary alicyclic amines) is 1. The topological polar surface area (TPSA) is 49.4 Å². The van der Waals surface area contributed by atoms with Gasteiger partial charge in [-0.15, -0.1) is 0 Å². The highest BCUT2D eigenvalue weighted by Gasteiger charge is 2.31.